The zero-order valence-electron chi connectivity index (χ0n) is 12.0. The smallest absolute Gasteiger partial charge is 0.188 e. The lowest BCUT2D eigenvalue weighted by molar-refractivity contribution is 0.0666. The van der Waals surface area contributed by atoms with Crippen LogP contribution in [0.4, 0.5) is 0 Å². The molecule has 0 heterocycles. The molecule has 1 rings (SSSR count). The third kappa shape index (κ3) is 4.26. The largest absolute Gasteiger partial charge is 0.373 e. The predicted octanol–water partition coefficient (Wildman–Crippen LogP) is 3.94. The molecule has 1 aromatic rings. The molecular weight excluding hydrogens is 224 g/mol. The molecule has 0 saturated heterocycles. The zero-order valence-corrected chi connectivity index (χ0v) is 12.0. The van der Waals surface area contributed by atoms with E-state index in [-0.39, 0.29) is 12.4 Å². The van der Waals surface area contributed by atoms with Gasteiger partial charge in [-0.25, -0.2) is 0 Å². The molecule has 2 nitrogen and oxygen atoms in total. The average molecular weight is 248 g/mol. The van der Waals surface area contributed by atoms with Crippen molar-refractivity contribution in [1.29, 1.82) is 0 Å². The van der Waals surface area contributed by atoms with Crippen LogP contribution in [0, 0.1) is 19.8 Å². The minimum atomic E-state index is 0.0732. The quantitative estimate of drug-likeness (QED) is 0.683. The van der Waals surface area contributed by atoms with Gasteiger partial charge >= 0.3 is 0 Å². The Balaban J connectivity index is 2.48. The molecule has 18 heavy (non-hydrogen) atoms. The van der Waals surface area contributed by atoms with E-state index in [1.54, 1.807) is 0 Å². The molecule has 2 heteroatoms. The van der Waals surface area contributed by atoms with E-state index in [2.05, 4.69) is 13.8 Å². The molecule has 0 aromatic heterocycles. The van der Waals surface area contributed by atoms with Crippen molar-refractivity contribution in [3.63, 3.8) is 0 Å². The molecule has 100 valence electrons. The molecule has 0 bridgehead atoms. The number of aryl methyl sites for hydroxylation is 2. The number of carbonyl (C=O) groups excluding carboxylic acids is 1. The van der Waals surface area contributed by atoms with E-state index < -0.39 is 0 Å². The Kier molecular flexibility index (Phi) is 6.06. The number of rotatable bonds is 7. The van der Waals surface area contributed by atoms with Crippen molar-refractivity contribution in [1.82, 2.24) is 0 Å². The maximum atomic E-state index is 11.9. The standard InChI is InChI=1S/C16H24O2/c1-5-14(6-2)10-18-11-16(17)15-8-7-12(3)13(4)9-15/h7-9,14H,5-6,10-11H2,1-4H3. The van der Waals surface area contributed by atoms with Gasteiger partial charge in [-0.05, 0) is 37.0 Å². The van der Waals surface area contributed by atoms with E-state index in [4.69, 9.17) is 4.74 Å². The molecule has 0 spiro atoms. The molecular formula is C16H24O2. The van der Waals surface area contributed by atoms with E-state index in [0.29, 0.717) is 12.5 Å². The SMILES string of the molecule is CCC(CC)COCC(=O)c1ccc(C)c(C)c1. The van der Waals surface area contributed by atoms with Crippen molar-refractivity contribution in [3.8, 4) is 0 Å². The predicted molar refractivity (Wildman–Crippen MR) is 75.1 cm³/mol. The highest BCUT2D eigenvalue weighted by Crippen LogP contribution is 2.11. The highest BCUT2D eigenvalue weighted by atomic mass is 16.5. The molecule has 0 unspecified atom stereocenters. The van der Waals surface area contributed by atoms with Crippen molar-refractivity contribution in [3.05, 3.63) is 34.9 Å². The fraction of sp³-hybridized carbons (Fsp3) is 0.562. The summed E-state index contributed by atoms with van der Waals surface area (Å²) < 4.78 is 5.51. The van der Waals surface area contributed by atoms with E-state index >= 15 is 0 Å². The molecule has 1 aromatic carbocycles. The van der Waals surface area contributed by atoms with E-state index in [1.807, 2.05) is 32.0 Å². The molecule has 0 aliphatic heterocycles. The lowest BCUT2D eigenvalue weighted by Gasteiger charge is -2.12. The number of Topliss-reactive ketones (excluding diaryl/α,β-unsaturated/α-hetero) is 1. The van der Waals surface area contributed by atoms with Gasteiger partial charge in [-0.15, -0.1) is 0 Å². The summed E-state index contributed by atoms with van der Waals surface area (Å²) in [6.45, 7) is 9.26. The van der Waals surface area contributed by atoms with Gasteiger partial charge in [0.05, 0.1) is 0 Å². The summed E-state index contributed by atoms with van der Waals surface area (Å²) in [5, 5.41) is 0. The van der Waals surface area contributed by atoms with Crippen LogP contribution in [-0.4, -0.2) is 19.0 Å². The Bertz CT molecular complexity index is 392. The maximum Gasteiger partial charge on any atom is 0.188 e. The first kappa shape index (κ1) is 14.9. The molecule has 0 N–H and O–H groups in total. The number of hydrogen-bond donors (Lipinski definition) is 0. The van der Waals surface area contributed by atoms with Crippen LogP contribution in [0.5, 0.6) is 0 Å². The van der Waals surface area contributed by atoms with Crippen molar-refractivity contribution < 1.29 is 9.53 Å². The lowest BCUT2D eigenvalue weighted by Crippen LogP contribution is -2.14. The third-order valence-corrected chi connectivity index (χ3v) is 3.57. The Morgan fingerprint density at radius 3 is 2.39 bits per heavy atom. The van der Waals surface area contributed by atoms with Crippen LogP contribution in [0.3, 0.4) is 0 Å². The topological polar surface area (TPSA) is 26.3 Å². The molecule has 0 aliphatic carbocycles. The van der Waals surface area contributed by atoms with E-state index in [9.17, 15) is 4.79 Å². The first-order valence-electron chi connectivity index (χ1n) is 6.76. The van der Waals surface area contributed by atoms with Crippen LogP contribution in [0.25, 0.3) is 0 Å². The van der Waals surface area contributed by atoms with Crippen molar-refractivity contribution in [2.75, 3.05) is 13.2 Å². The lowest BCUT2D eigenvalue weighted by atomic mass is 10.0. The number of ketones is 1. The van der Waals surface area contributed by atoms with Crippen LogP contribution >= 0.6 is 0 Å². The molecule has 0 aliphatic rings. The van der Waals surface area contributed by atoms with Gasteiger partial charge in [0, 0.05) is 12.2 Å². The summed E-state index contributed by atoms with van der Waals surface area (Å²) in [7, 11) is 0. The molecule has 0 atom stereocenters. The average Bonchev–Trinajstić information content (AvgIpc) is 2.37. The van der Waals surface area contributed by atoms with E-state index in [0.717, 1.165) is 24.0 Å². The number of benzene rings is 1. The highest BCUT2D eigenvalue weighted by Gasteiger charge is 2.09. The zero-order chi connectivity index (χ0) is 13.5. The molecule has 0 radical (unpaired) electrons. The van der Waals surface area contributed by atoms with Crippen LogP contribution < -0.4 is 0 Å². The van der Waals surface area contributed by atoms with Gasteiger partial charge in [0.15, 0.2) is 5.78 Å². The van der Waals surface area contributed by atoms with Crippen molar-refractivity contribution in [2.45, 2.75) is 40.5 Å². The van der Waals surface area contributed by atoms with Crippen LogP contribution in [0.15, 0.2) is 18.2 Å². The normalized spacial score (nSPS) is 10.9. The van der Waals surface area contributed by atoms with Gasteiger partial charge in [0.2, 0.25) is 0 Å². The Labute approximate surface area is 110 Å². The summed E-state index contributed by atoms with van der Waals surface area (Å²) in [5.41, 5.74) is 3.12. The Hall–Kier alpha value is -1.15. The molecule has 0 fully saturated rings. The van der Waals surface area contributed by atoms with Crippen LogP contribution in [0.1, 0.15) is 48.2 Å². The van der Waals surface area contributed by atoms with Gasteiger partial charge in [0.1, 0.15) is 6.61 Å². The maximum absolute atomic E-state index is 11.9. The van der Waals surface area contributed by atoms with Crippen LogP contribution in [0.2, 0.25) is 0 Å². The summed E-state index contributed by atoms with van der Waals surface area (Å²) in [6, 6.07) is 5.81. The Morgan fingerprint density at radius 2 is 1.83 bits per heavy atom. The van der Waals surface area contributed by atoms with Crippen LogP contribution in [-0.2, 0) is 4.74 Å². The molecule has 0 saturated carbocycles. The van der Waals surface area contributed by atoms with Gasteiger partial charge < -0.3 is 4.74 Å². The fourth-order valence-corrected chi connectivity index (χ4v) is 1.84. The van der Waals surface area contributed by atoms with Crippen molar-refractivity contribution in [2.24, 2.45) is 5.92 Å². The highest BCUT2D eigenvalue weighted by molar-refractivity contribution is 5.97. The molecule has 0 amide bonds. The van der Waals surface area contributed by atoms with Gasteiger partial charge in [-0.1, -0.05) is 38.8 Å². The first-order chi connectivity index (χ1) is 8.58. The van der Waals surface area contributed by atoms with Gasteiger partial charge in [0.25, 0.3) is 0 Å². The number of carbonyl (C=O) groups is 1. The second-order valence-corrected chi connectivity index (χ2v) is 4.92. The van der Waals surface area contributed by atoms with E-state index in [1.165, 1.54) is 5.56 Å². The summed E-state index contributed by atoms with van der Waals surface area (Å²) in [6.07, 6.45) is 2.21. The Morgan fingerprint density at radius 1 is 1.17 bits per heavy atom. The second kappa shape index (κ2) is 7.32. The third-order valence-electron chi connectivity index (χ3n) is 3.57. The summed E-state index contributed by atoms with van der Waals surface area (Å²) in [4.78, 5) is 11.9. The second-order valence-electron chi connectivity index (χ2n) is 4.92. The fourth-order valence-electron chi connectivity index (χ4n) is 1.84. The van der Waals surface area contributed by atoms with Gasteiger partial charge in [-0.2, -0.15) is 0 Å². The summed E-state index contributed by atoms with van der Waals surface area (Å²) >= 11 is 0. The summed E-state index contributed by atoms with van der Waals surface area (Å²) in [5.74, 6) is 0.640. The monoisotopic (exact) mass is 248 g/mol. The number of ether oxygens (including phenoxy) is 1. The van der Waals surface area contributed by atoms with Gasteiger partial charge in [-0.3, -0.25) is 4.79 Å². The minimum absolute atomic E-state index is 0.0732. The number of hydrogen-bond acceptors (Lipinski definition) is 2. The minimum Gasteiger partial charge on any atom is -0.373 e. The first-order valence-corrected chi connectivity index (χ1v) is 6.76. The van der Waals surface area contributed by atoms with Crippen molar-refractivity contribution >= 4 is 5.78 Å².